The van der Waals surface area contributed by atoms with E-state index < -0.39 is 8.07 Å². The largest absolute Gasteiger partial charge is 0.456 e. The average Bonchev–Trinajstić information content (AvgIpc) is 3.54. The van der Waals surface area contributed by atoms with Crippen LogP contribution in [0.1, 0.15) is 96.2 Å². The lowest BCUT2D eigenvalue weighted by molar-refractivity contribution is -0.139. The first kappa shape index (κ1) is 34.3. The van der Waals surface area contributed by atoms with Crippen LogP contribution in [0.15, 0.2) is 53.5 Å². The zero-order valence-electron chi connectivity index (χ0n) is 28.2. The summed E-state index contributed by atoms with van der Waals surface area (Å²) in [6.45, 7) is 22.8. The number of pyridine rings is 1. The number of esters is 1. The number of carbonyl (C=O) groups is 1. The molecule has 0 amide bonds. The molecule has 0 bridgehead atoms. The standard InChI is InChI=1S/C39H48N2O2Si/c1-25(2)35-17-13-18-36(26(3)4)38(35)40-23-32-15-12-16-33(41-32)24-43-37(42)19-11-14-31-20-21-34(22-31)44(9,10)39-29(7)27(5)28(6)30(39)8/h11-13,15-23,25-26H,14,24H2,1-10H3/b19-11+,40-23?. The summed E-state index contributed by atoms with van der Waals surface area (Å²) < 4.78 is 5.52. The van der Waals surface area contributed by atoms with Gasteiger partial charge in [-0.05, 0) is 101 Å². The summed E-state index contributed by atoms with van der Waals surface area (Å²) in [5.74, 6) is 7.34. The summed E-state index contributed by atoms with van der Waals surface area (Å²) in [5.41, 5.74) is 7.89. The van der Waals surface area contributed by atoms with Crippen molar-refractivity contribution in [3.63, 3.8) is 0 Å². The Kier molecular flexibility index (Phi) is 11.5. The van der Waals surface area contributed by atoms with Crippen LogP contribution >= 0.6 is 0 Å². The van der Waals surface area contributed by atoms with Crippen molar-refractivity contribution in [2.24, 2.45) is 4.99 Å². The maximum Gasteiger partial charge on any atom is 0.330 e. The Bertz CT molecular complexity index is 1290. The van der Waals surface area contributed by atoms with Crippen LogP contribution in [0.2, 0.25) is 13.1 Å². The van der Waals surface area contributed by atoms with Crippen LogP contribution in [0, 0.1) is 59.9 Å². The molecule has 230 valence electrons. The van der Waals surface area contributed by atoms with Crippen LogP contribution in [0.3, 0.4) is 0 Å². The van der Waals surface area contributed by atoms with Crippen molar-refractivity contribution >= 4 is 25.9 Å². The van der Waals surface area contributed by atoms with Crippen LogP contribution in [0.4, 0.5) is 5.69 Å². The van der Waals surface area contributed by atoms with E-state index in [-0.39, 0.29) is 12.6 Å². The fraction of sp³-hybridized carbons (Fsp3) is 0.359. The molecule has 2 saturated carbocycles. The molecule has 0 spiro atoms. The minimum Gasteiger partial charge on any atom is -0.456 e. The summed E-state index contributed by atoms with van der Waals surface area (Å²) in [4.78, 5) is 22.0. The third-order valence-corrected chi connectivity index (χ3v) is 12.8. The maximum atomic E-state index is 12.5. The molecular weight excluding hydrogens is 557 g/mol. The Morgan fingerprint density at radius 2 is 1.50 bits per heavy atom. The topological polar surface area (TPSA) is 51.5 Å². The highest BCUT2D eigenvalue weighted by Gasteiger charge is 2.54. The molecule has 4 nitrogen and oxygen atoms in total. The smallest absolute Gasteiger partial charge is 0.330 e. The van der Waals surface area contributed by atoms with Crippen molar-refractivity contribution in [3.05, 3.63) is 131 Å². The van der Waals surface area contributed by atoms with E-state index in [2.05, 4.69) is 111 Å². The molecule has 1 heterocycles. The lowest BCUT2D eigenvalue weighted by Crippen LogP contribution is -2.44. The second-order valence-corrected chi connectivity index (χ2v) is 17.5. The van der Waals surface area contributed by atoms with Gasteiger partial charge in [-0.15, -0.1) is 0 Å². The number of hydrogen-bond acceptors (Lipinski definition) is 4. The second-order valence-electron chi connectivity index (χ2n) is 13.1. The third kappa shape index (κ3) is 7.81. The van der Waals surface area contributed by atoms with E-state index in [1.54, 1.807) is 11.8 Å². The number of ether oxygens (including phenoxy) is 1. The number of para-hydroxylation sites is 1. The number of benzene rings is 1. The van der Waals surface area contributed by atoms with E-state index in [0.717, 1.165) is 11.4 Å². The second kappa shape index (κ2) is 14.7. The van der Waals surface area contributed by atoms with Gasteiger partial charge in [0.2, 0.25) is 0 Å². The molecule has 2 aliphatic rings. The molecule has 2 aromatic rings. The predicted octanol–water partition coefficient (Wildman–Crippen LogP) is 9.60. The summed E-state index contributed by atoms with van der Waals surface area (Å²) in [5, 5.41) is 0. The molecule has 10 radical (unpaired) electrons. The van der Waals surface area contributed by atoms with Crippen molar-refractivity contribution in [2.75, 3.05) is 0 Å². The van der Waals surface area contributed by atoms with Crippen LogP contribution < -0.4 is 0 Å². The molecule has 44 heavy (non-hydrogen) atoms. The molecule has 1 aromatic heterocycles. The van der Waals surface area contributed by atoms with Gasteiger partial charge in [0.1, 0.15) is 6.61 Å². The first-order chi connectivity index (χ1) is 20.8. The van der Waals surface area contributed by atoms with Crippen LogP contribution in [-0.2, 0) is 16.1 Å². The van der Waals surface area contributed by atoms with Crippen LogP contribution in [-0.4, -0.2) is 25.2 Å². The molecule has 0 unspecified atom stereocenters. The van der Waals surface area contributed by atoms with E-state index in [1.807, 2.05) is 24.3 Å². The molecular formula is C39H48N2O2Si. The van der Waals surface area contributed by atoms with Crippen LogP contribution in [0.25, 0.3) is 0 Å². The van der Waals surface area contributed by atoms with Crippen molar-refractivity contribution < 1.29 is 9.53 Å². The van der Waals surface area contributed by atoms with Gasteiger partial charge in [0.15, 0.2) is 0 Å². The Balaban J connectivity index is 1.29. The minimum atomic E-state index is -1.82. The highest BCUT2D eigenvalue weighted by atomic mass is 28.3. The number of hydrogen-bond donors (Lipinski definition) is 0. The monoisotopic (exact) mass is 604 g/mol. The van der Waals surface area contributed by atoms with E-state index in [4.69, 9.17) is 9.73 Å². The Morgan fingerprint density at radius 1 is 0.886 bits per heavy atom. The molecule has 4 rings (SSSR count). The molecule has 2 aliphatic carbocycles. The first-order valence-electron chi connectivity index (χ1n) is 15.8. The van der Waals surface area contributed by atoms with Gasteiger partial charge in [0.05, 0.1) is 31.4 Å². The quantitative estimate of drug-likeness (QED) is 0.111. The number of aliphatic imine (C=N–C) groups is 1. The molecule has 0 saturated heterocycles. The lowest BCUT2D eigenvalue weighted by atomic mass is 9.92. The molecule has 1 aromatic carbocycles. The van der Waals surface area contributed by atoms with Gasteiger partial charge in [-0.3, -0.25) is 4.99 Å². The number of nitrogens with zero attached hydrogens (tertiary/aromatic N) is 2. The normalized spacial score (nSPS) is 19.2. The molecule has 0 atom stereocenters. The number of carbonyl (C=O) groups excluding carboxylic acids is 1. The Labute approximate surface area is 269 Å². The van der Waals surface area contributed by atoms with E-state index in [9.17, 15) is 4.79 Å². The van der Waals surface area contributed by atoms with Crippen molar-refractivity contribution in [1.29, 1.82) is 0 Å². The Hall–Kier alpha value is -2.53. The SMILES string of the molecule is C[C]1[C](C)[C](C)[C]([Si](C)(C)[C]2[CH][CH][C](C/C=C/C(=O)OCc3cccc(C=Nc4c(C(C)C)cccc4C(C)C)n3)[CH]2)[C]1C. The fourth-order valence-electron chi connectivity index (χ4n) is 6.24. The minimum absolute atomic E-state index is 0.113. The van der Waals surface area contributed by atoms with Gasteiger partial charge in [-0.1, -0.05) is 98.8 Å². The number of rotatable bonds is 11. The zero-order chi connectivity index (χ0) is 32.2. The van der Waals surface area contributed by atoms with Gasteiger partial charge in [-0.2, -0.15) is 0 Å². The summed E-state index contributed by atoms with van der Waals surface area (Å²) in [6.07, 6.45) is 12.7. The fourth-order valence-corrected chi connectivity index (χ4v) is 9.82. The number of allylic oxidation sites excluding steroid dienone is 1. The molecule has 2 fully saturated rings. The highest BCUT2D eigenvalue weighted by molar-refractivity contribution is 6.90. The average molecular weight is 605 g/mol. The van der Waals surface area contributed by atoms with Crippen molar-refractivity contribution in [3.8, 4) is 0 Å². The lowest BCUT2D eigenvalue weighted by Gasteiger charge is -2.39. The van der Waals surface area contributed by atoms with E-state index in [0.29, 0.717) is 24.0 Å². The Morgan fingerprint density at radius 3 is 2.11 bits per heavy atom. The molecule has 5 heteroatoms. The third-order valence-electron chi connectivity index (χ3n) is 9.07. The van der Waals surface area contributed by atoms with Gasteiger partial charge < -0.3 is 4.74 Å². The maximum absolute atomic E-state index is 12.5. The van der Waals surface area contributed by atoms with Gasteiger partial charge in [-0.25, -0.2) is 9.78 Å². The number of aromatic nitrogens is 1. The van der Waals surface area contributed by atoms with Gasteiger partial charge in [0, 0.05) is 6.08 Å². The summed E-state index contributed by atoms with van der Waals surface area (Å²) >= 11 is 0. The van der Waals surface area contributed by atoms with Gasteiger partial charge >= 0.3 is 5.97 Å². The van der Waals surface area contributed by atoms with Crippen molar-refractivity contribution in [1.82, 2.24) is 4.98 Å². The highest BCUT2D eigenvalue weighted by Crippen LogP contribution is 2.58. The van der Waals surface area contributed by atoms with Gasteiger partial charge in [0.25, 0.3) is 0 Å². The predicted molar refractivity (Wildman–Crippen MR) is 185 cm³/mol. The van der Waals surface area contributed by atoms with Crippen LogP contribution in [0.5, 0.6) is 0 Å². The molecule has 0 N–H and O–H groups in total. The van der Waals surface area contributed by atoms with Crippen molar-refractivity contribution in [2.45, 2.75) is 93.3 Å². The van der Waals surface area contributed by atoms with E-state index >= 15 is 0 Å². The molecule has 0 aliphatic heterocycles. The summed E-state index contributed by atoms with van der Waals surface area (Å²) in [7, 11) is -1.82. The summed E-state index contributed by atoms with van der Waals surface area (Å²) in [6, 6.07) is 12.1. The first-order valence-corrected chi connectivity index (χ1v) is 18.8. The van der Waals surface area contributed by atoms with E-state index in [1.165, 1.54) is 52.3 Å². The zero-order valence-corrected chi connectivity index (χ0v) is 29.2.